The molecule has 0 amide bonds. The van der Waals surface area contributed by atoms with Crippen molar-refractivity contribution in [2.75, 3.05) is 0 Å². The van der Waals surface area contributed by atoms with E-state index in [1.54, 1.807) is 12.3 Å². The van der Waals surface area contributed by atoms with Crippen molar-refractivity contribution >= 4 is 46.3 Å². The van der Waals surface area contributed by atoms with E-state index in [0.717, 1.165) is 5.56 Å². The molecule has 7 heteroatoms. The largest absolute Gasteiger partial charge is 0.481 e. The highest BCUT2D eigenvalue weighted by atomic mass is 35.5. The van der Waals surface area contributed by atoms with Crippen molar-refractivity contribution in [3.05, 3.63) is 28.3 Å². The van der Waals surface area contributed by atoms with E-state index in [1.807, 2.05) is 0 Å². The molecule has 0 fully saturated rings. The quantitative estimate of drug-likeness (QED) is 0.665. The lowest BCUT2D eigenvalue weighted by atomic mass is 10.2. The van der Waals surface area contributed by atoms with E-state index >= 15 is 0 Å². The van der Waals surface area contributed by atoms with Gasteiger partial charge in [-0.05, 0) is 11.6 Å². The lowest BCUT2D eigenvalue weighted by Gasteiger charge is -1.95. The number of aromatic amines is 1. The van der Waals surface area contributed by atoms with Gasteiger partial charge in [-0.2, -0.15) is 4.98 Å². The second-order valence-electron chi connectivity index (χ2n) is 3.25. The number of carboxylic acid groups (broad SMARTS) is 1. The molecular weight excluding hydrogens is 265 g/mol. The molecule has 2 aromatic heterocycles. The topological polar surface area (TPSA) is 78.9 Å². The molecule has 0 aliphatic carbocycles. The first-order valence-corrected chi connectivity index (χ1v) is 5.42. The Morgan fingerprint density at radius 3 is 2.94 bits per heavy atom. The van der Waals surface area contributed by atoms with Gasteiger partial charge < -0.3 is 10.1 Å². The van der Waals surface area contributed by atoms with Crippen molar-refractivity contribution in [3.63, 3.8) is 0 Å². The maximum absolute atomic E-state index is 10.4. The van der Waals surface area contributed by atoms with Crippen molar-refractivity contribution in [2.45, 2.75) is 6.42 Å². The van der Waals surface area contributed by atoms with Crippen LogP contribution in [0.1, 0.15) is 12.0 Å². The molecule has 0 saturated heterocycles. The predicted molar refractivity (Wildman–Crippen MR) is 65.2 cm³/mol. The predicted octanol–water partition coefficient (Wildman–Crippen LogP) is 2.75. The van der Waals surface area contributed by atoms with Crippen molar-refractivity contribution < 1.29 is 9.90 Å². The molecule has 0 aromatic carbocycles. The van der Waals surface area contributed by atoms with Crippen molar-refractivity contribution in [1.82, 2.24) is 15.0 Å². The fourth-order valence-corrected chi connectivity index (χ4v) is 1.90. The molecule has 88 valence electrons. The Morgan fingerprint density at radius 1 is 1.47 bits per heavy atom. The highest BCUT2D eigenvalue weighted by Gasteiger charge is 2.09. The van der Waals surface area contributed by atoms with Gasteiger partial charge in [-0.15, -0.1) is 0 Å². The van der Waals surface area contributed by atoms with Gasteiger partial charge in [0.25, 0.3) is 0 Å². The van der Waals surface area contributed by atoms with Crippen LogP contribution in [0.3, 0.4) is 0 Å². The monoisotopic (exact) mass is 271 g/mol. The van der Waals surface area contributed by atoms with E-state index in [0.29, 0.717) is 11.0 Å². The molecule has 0 aliphatic rings. The van der Waals surface area contributed by atoms with Crippen LogP contribution in [0.15, 0.2) is 12.3 Å². The number of hydrogen-bond acceptors (Lipinski definition) is 3. The third kappa shape index (κ3) is 2.57. The van der Waals surface area contributed by atoms with Crippen LogP contribution in [0, 0.1) is 0 Å². The minimum absolute atomic E-state index is 0.0568. The normalized spacial score (nSPS) is 11.4. The number of carbonyl (C=O) groups is 1. The number of nitrogens with one attached hydrogen (secondary N) is 1. The highest BCUT2D eigenvalue weighted by Crippen LogP contribution is 2.26. The zero-order valence-electron chi connectivity index (χ0n) is 8.44. The zero-order chi connectivity index (χ0) is 12.4. The fourth-order valence-electron chi connectivity index (χ4n) is 1.40. The minimum Gasteiger partial charge on any atom is -0.481 e. The van der Waals surface area contributed by atoms with E-state index in [1.165, 1.54) is 6.08 Å². The first kappa shape index (κ1) is 11.9. The fraction of sp³-hybridized carbons (Fsp3) is 0.100. The Morgan fingerprint density at radius 2 is 2.24 bits per heavy atom. The van der Waals surface area contributed by atoms with Gasteiger partial charge in [-0.3, -0.25) is 4.79 Å². The number of aromatic nitrogens is 3. The van der Waals surface area contributed by atoms with E-state index in [4.69, 9.17) is 28.3 Å². The molecule has 0 saturated carbocycles. The van der Waals surface area contributed by atoms with Crippen molar-refractivity contribution in [3.8, 4) is 0 Å². The van der Waals surface area contributed by atoms with Gasteiger partial charge in [0.2, 0.25) is 5.28 Å². The SMILES string of the molecule is O=C(O)CC=Cc1c[nH]c2nc(Cl)nc(Cl)c12. The summed E-state index contributed by atoms with van der Waals surface area (Å²) >= 11 is 11.6. The molecule has 5 nitrogen and oxygen atoms in total. The van der Waals surface area contributed by atoms with Crippen LogP contribution in [0.4, 0.5) is 0 Å². The van der Waals surface area contributed by atoms with Crippen LogP contribution in [0.2, 0.25) is 10.4 Å². The number of halogens is 2. The summed E-state index contributed by atoms with van der Waals surface area (Å²) in [7, 11) is 0. The Balaban J connectivity index is 2.42. The Labute approximate surface area is 106 Å². The number of carboxylic acids is 1. The maximum atomic E-state index is 10.4. The molecule has 0 aliphatic heterocycles. The molecule has 0 bridgehead atoms. The van der Waals surface area contributed by atoms with Crippen LogP contribution in [0.5, 0.6) is 0 Å². The summed E-state index contributed by atoms with van der Waals surface area (Å²) in [6.45, 7) is 0. The van der Waals surface area contributed by atoms with Gasteiger partial charge in [0, 0.05) is 11.8 Å². The number of rotatable bonds is 3. The molecule has 2 aromatic rings. The molecule has 0 spiro atoms. The second kappa shape index (κ2) is 4.73. The summed E-state index contributed by atoms with van der Waals surface area (Å²) in [5.74, 6) is -0.897. The summed E-state index contributed by atoms with van der Waals surface area (Å²) < 4.78 is 0. The molecule has 2 N–H and O–H groups in total. The van der Waals surface area contributed by atoms with Gasteiger partial charge in [-0.1, -0.05) is 23.8 Å². The van der Waals surface area contributed by atoms with E-state index in [9.17, 15) is 4.79 Å². The van der Waals surface area contributed by atoms with Crippen LogP contribution in [-0.2, 0) is 4.79 Å². The van der Waals surface area contributed by atoms with Crippen LogP contribution in [-0.4, -0.2) is 26.0 Å². The molecule has 2 heterocycles. The number of fused-ring (bicyclic) bond motifs is 1. The Hall–Kier alpha value is -1.59. The third-order valence-corrected chi connectivity index (χ3v) is 2.52. The van der Waals surface area contributed by atoms with Crippen molar-refractivity contribution in [1.29, 1.82) is 0 Å². The average molecular weight is 272 g/mol. The number of H-pyrrole nitrogens is 1. The Kier molecular flexibility index (Phi) is 3.31. The van der Waals surface area contributed by atoms with E-state index in [2.05, 4.69) is 15.0 Å². The summed E-state index contributed by atoms with van der Waals surface area (Å²) in [5.41, 5.74) is 1.24. The Bertz CT molecular complexity index is 607. The molecular formula is C10H7Cl2N3O2. The average Bonchev–Trinajstić information content (AvgIpc) is 2.60. The van der Waals surface area contributed by atoms with Gasteiger partial charge in [0.15, 0.2) is 0 Å². The number of nitrogens with zero attached hydrogens (tertiary/aromatic N) is 2. The summed E-state index contributed by atoms with van der Waals surface area (Å²) in [4.78, 5) is 21.1. The number of aliphatic carboxylic acids is 1. The van der Waals surface area contributed by atoms with E-state index < -0.39 is 5.97 Å². The molecule has 0 radical (unpaired) electrons. The van der Waals surface area contributed by atoms with Crippen LogP contribution < -0.4 is 0 Å². The van der Waals surface area contributed by atoms with Gasteiger partial charge >= 0.3 is 5.97 Å². The smallest absolute Gasteiger partial charge is 0.307 e. The van der Waals surface area contributed by atoms with Crippen molar-refractivity contribution in [2.24, 2.45) is 0 Å². The molecule has 2 rings (SSSR count). The van der Waals surface area contributed by atoms with Gasteiger partial charge in [-0.25, -0.2) is 4.98 Å². The molecule has 0 unspecified atom stereocenters. The summed E-state index contributed by atoms with van der Waals surface area (Å²) in [5, 5.41) is 9.44. The maximum Gasteiger partial charge on any atom is 0.307 e. The minimum atomic E-state index is -0.897. The van der Waals surface area contributed by atoms with Gasteiger partial charge in [0.05, 0.1) is 11.8 Å². The summed E-state index contributed by atoms with van der Waals surface area (Å²) in [6, 6.07) is 0. The molecule has 17 heavy (non-hydrogen) atoms. The third-order valence-electron chi connectivity index (χ3n) is 2.08. The number of hydrogen-bond donors (Lipinski definition) is 2. The second-order valence-corrected chi connectivity index (χ2v) is 3.95. The lowest BCUT2D eigenvalue weighted by Crippen LogP contribution is -1.89. The van der Waals surface area contributed by atoms with Gasteiger partial charge in [0.1, 0.15) is 10.8 Å². The zero-order valence-corrected chi connectivity index (χ0v) is 9.96. The first-order chi connectivity index (χ1) is 8.08. The molecule has 0 atom stereocenters. The summed E-state index contributed by atoms with van der Waals surface area (Å²) in [6.07, 6.45) is 4.78. The van der Waals surface area contributed by atoms with Crippen LogP contribution in [0.25, 0.3) is 17.1 Å². The highest BCUT2D eigenvalue weighted by molar-refractivity contribution is 6.36. The van der Waals surface area contributed by atoms with E-state index in [-0.39, 0.29) is 16.9 Å². The first-order valence-electron chi connectivity index (χ1n) is 4.66. The van der Waals surface area contributed by atoms with Crippen LogP contribution >= 0.6 is 23.2 Å². The lowest BCUT2D eigenvalue weighted by molar-refractivity contribution is -0.135. The standard InChI is InChI=1S/C10H7Cl2N3O2/c11-8-7-5(2-1-3-6(16)17)4-13-9(7)15-10(12)14-8/h1-2,4H,3H2,(H,16,17)(H,13,14,15).